The summed E-state index contributed by atoms with van der Waals surface area (Å²) in [5, 5.41) is 11.6. The van der Waals surface area contributed by atoms with Crippen LogP contribution in [-0.4, -0.2) is 33.0 Å². The predicted molar refractivity (Wildman–Crippen MR) is 76.7 cm³/mol. The second kappa shape index (κ2) is 6.22. The Morgan fingerprint density at radius 1 is 1.38 bits per heavy atom. The molecule has 0 saturated heterocycles. The molecule has 0 aliphatic heterocycles. The van der Waals surface area contributed by atoms with Gasteiger partial charge in [0, 0.05) is 19.3 Å². The molecule has 2 heterocycles. The number of nitrogens with one attached hydrogen (secondary N) is 1. The van der Waals surface area contributed by atoms with E-state index in [1.165, 1.54) is 10.9 Å². The molecule has 0 aliphatic rings. The van der Waals surface area contributed by atoms with E-state index in [1.807, 2.05) is 13.8 Å². The summed E-state index contributed by atoms with van der Waals surface area (Å²) >= 11 is 0. The Hall–Kier alpha value is -1.94. The highest BCUT2D eigenvalue weighted by molar-refractivity contribution is 7.89. The maximum absolute atomic E-state index is 12.3. The quantitative estimate of drug-likeness (QED) is 0.740. The topological polar surface area (TPSA) is 121 Å². The lowest BCUT2D eigenvalue weighted by atomic mass is 10.5. The molecule has 2 aromatic rings. The van der Waals surface area contributed by atoms with E-state index in [4.69, 9.17) is 5.73 Å². The van der Waals surface area contributed by atoms with Gasteiger partial charge in [0.1, 0.15) is 17.0 Å². The van der Waals surface area contributed by atoms with Gasteiger partial charge >= 0.3 is 0 Å². The van der Waals surface area contributed by atoms with Crippen LogP contribution in [0.1, 0.15) is 26.1 Å². The fourth-order valence-corrected chi connectivity index (χ4v) is 2.94. The van der Waals surface area contributed by atoms with Gasteiger partial charge in [-0.25, -0.2) is 13.1 Å². The van der Waals surface area contributed by atoms with Crippen molar-refractivity contribution >= 4 is 15.8 Å². The zero-order valence-corrected chi connectivity index (χ0v) is 12.8. The van der Waals surface area contributed by atoms with Crippen LogP contribution in [0.15, 0.2) is 17.4 Å². The highest BCUT2D eigenvalue weighted by atomic mass is 32.2. The van der Waals surface area contributed by atoms with Crippen LogP contribution in [0, 0.1) is 0 Å². The van der Waals surface area contributed by atoms with Crippen molar-refractivity contribution in [3.05, 3.63) is 18.3 Å². The van der Waals surface area contributed by atoms with Crippen molar-refractivity contribution in [1.29, 1.82) is 0 Å². The highest BCUT2D eigenvalue weighted by Gasteiger charge is 2.21. The van der Waals surface area contributed by atoms with Crippen LogP contribution in [0.4, 0.5) is 5.82 Å². The van der Waals surface area contributed by atoms with E-state index in [0.29, 0.717) is 18.9 Å². The van der Waals surface area contributed by atoms with Crippen molar-refractivity contribution < 1.29 is 8.42 Å². The molecule has 0 saturated carbocycles. The van der Waals surface area contributed by atoms with Crippen molar-refractivity contribution in [3.8, 4) is 0 Å². The third kappa shape index (κ3) is 3.39. The molecule has 3 N–H and O–H groups in total. The van der Waals surface area contributed by atoms with Crippen LogP contribution in [0.25, 0.3) is 0 Å². The van der Waals surface area contributed by atoms with E-state index in [9.17, 15) is 8.42 Å². The lowest BCUT2D eigenvalue weighted by Gasteiger charge is -2.06. The molecule has 2 rings (SSSR count). The van der Waals surface area contributed by atoms with E-state index < -0.39 is 10.0 Å². The summed E-state index contributed by atoms with van der Waals surface area (Å²) in [5.74, 6) is 0.536. The maximum atomic E-state index is 12.3. The monoisotopic (exact) mass is 313 g/mol. The number of nitrogen functional groups attached to an aromatic ring is 1. The molecule has 0 radical (unpaired) electrons. The second-order valence-corrected chi connectivity index (χ2v) is 6.23. The summed E-state index contributed by atoms with van der Waals surface area (Å²) in [6.45, 7) is 5.23. The van der Waals surface area contributed by atoms with Gasteiger partial charge in [-0.3, -0.25) is 4.68 Å². The fraction of sp³-hybridized carbons (Fsp3) is 0.545. The first-order valence-electron chi connectivity index (χ1n) is 6.67. The molecule has 2 aromatic heterocycles. The van der Waals surface area contributed by atoms with Gasteiger partial charge in [0.25, 0.3) is 0 Å². The van der Waals surface area contributed by atoms with Crippen LogP contribution < -0.4 is 10.5 Å². The number of hydrogen-bond donors (Lipinski definition) is 2. The Bertz CT molecular complexity index is 704. The van der Waals surface area contributed by atoms with Crippen LogP contribution in [0.5, 0.6) is 0 Å². The van der Waals surface area contributed by atoms with Gasteiger partial charge in [-0.05, 0) is 13.3 Å². The first-order chi connectivity index (χ1) is 9.97. The number of hydrogen-bond acceptors (Lipinski definition) is 6. The molecule has 0 bridgehead atoms. The van der Waals surface area contributed by atoms with Gasteiger partial charge in [-0.1, -0.05) is 6.92 Å². The largest absolute Gasteiger partial charge is 0.381 e. The predicted octanol–water partition coefficient (Wildman–Crippen LogP) is -0.0348. The zero-order valence-electron chi connectivity index (χ0n) is 12.0. The third-order valence-electron chi connectivity index (χ3n) is 2.95. The number of rotatable bonds is 7. The van der Waals surface area contributed by atoms with Crippen molar-refractivity contribution in [2.24, 2.45) is 0 Å². The molecule has 116 valence electrons. The first-order valence-corrected chi connectivity index (χ1v) is 8.15. The Morgan fingerprint density at radius 2 is 2.14 bits per heavy atom. The van der Waals surface area contributed by atoms with Crippen molar-refractivity contribution in [2.75, 3.05) is 5.73 Å². The molecule has 0 spiro atoms. The minimum atomic E-state index is -3.73. The molecule has 0 atom stereocenters. The number of aromatic nitrogens is 5. The number of sulfonamides is 1. The molecule has 0 aliphatic carbocycles. The van der Waals surface area contributed by atoms with E-state index in [0.717, 1.165) is 6.42 Å². The summed E-state index contributed by atoms with van der Waals surface area (Å²) in [7, 11) is -3.73. The number of nitrogens with two attached hydrogens (primary N) is 1. The lowest BCUT2D eigenvalue weighted by Crippen LogP contribution is -2.25. The molecule has 21 heavy (non-hydrogen) atoms. The van der Waals surface area contributed by atoms with Crippen LogP contribution in [-0.2, 0) is 29.7 Å². The summed E-state index contributed by atoms with van der Waals surface area (Å²) in [6, 6.07) is 0. The Morgan fingerprint density at radius 3 is 2.81 bits per heavy atom. The molecule has 0 amide bonds. The molecule has 0 aromatic carbocycles. The number of nitrogens with zero attached hydrogens (tertiary/aromatic N) is 5. The number of aryl methyl sites for hydroxylation is 2. The van der Waals surface area contributed by atoms with Gasteiger partial charge in [0.05, 0.1) is 6.54 Å². The van der Waals surface area contributed by atoms with Gasteiger partial charge in [0.15, 0.2) is 5.82 Å². The zero-order chi connectivity index (χ0) is 15.5. The minimum Gasteiger partial charge on any atom is -0.381 e. The normalized spacial score (nSPS) is 11.9. The summed E-state index contributed by atoms with van der Waals surface area (Å²) in [6.07, 6.45) is 3.83. The van der Waals surface area contributed by atoms with Crippen molar-refractivity contribution in [2.45, 2.75) is 44.8 Å². The van der Waals surface area contributed by atoms with Gasteiger partial charge in [-0.15, -0.1) is 10.2 Å². The molecule has 0 unspecified atom stereocenters. The summed E-state index contributed by atoms with van der Waals surface area (Å²) < 4.78 is 30.3. The molecule has 0 fully saturated rings. The van der Waals surface area contributed by atoms with Crippen LogP contribution >= 0.6 is 0 Å². The Labute approximate surface area is 123 Å². The first kappa shape index (κ1) is 15.4. The highest BCUT2D eigenvalue weighted by Crippen LogP contribution is 2.16. The average Bonchev–Trinajstić information content (AvgIpc) is 3.03. The number of anilines is 1. The smallest absolute Gasteiger partial charge is 0.246 e. The fourth-order valence-electron chi connectivity index (χ4n) is 1.89. The third-order valence-corrected chi connectivity index (χ3v) is 4.37. The minimum absolute atomic E-state index is 0.00657. The van der Waals surface area contributed by atoms with E-state index >= 15 is 0 Å². The standard InChI is InChI=1S/C11H19N7O2S/c1-3-5-18-7-9(11(12)16-18)21(19,20)14-6-10-15-13-8-17(10)4-2/h7-8,14H,3-6H2,1-2H3,(H2,12,16). The van der Waals surface area contributed by atoms with E-state index in [1.54, 1.807) is 10.9 Å². The summed E-state index contributed by atoms with van der Waals surface area (Å²) in [5.41, 5.74) is 5.68. The Kier molecular flexibility index (Phi) is 4.58. The molecular weight excluding hydrogens is 294 g/mol. The van der Waals surface area contributed by atoms with Gasteiger partial charge in [0.2, 0.25) is 10.0 Å². The van der Waals surface area contributed by atoms with E-state index in [-0.39, 0.29) is 17.3 Å². The van der Waals surface area contributed by atoms with Gasteiger partial charge < -0.3 is 10.3 Å². The van der Waals surface area contributed by atoms with Crippen LogP contribution in [0.3, 0.4) is 0 Å². The second-order valence-electron chi connectivity index (χ2n) is 4.50. The van der Waals surface area contributed by atoms with Gasteiger partial charge in [-0.2, -0.15) is 5.10 Å². The molecule has 9 nitrogen and oxygen atoms in total. The lowest BCUT2D eigenvalue weighted by molar-refractivity contribution is 0.573. The SMILES string of the molecule is CCCn1cc(S(=O)(=O)NCc2nncn2CC)c(N)n1. The molecular formula is C11H19N7O2S. The maximum Gasteiger partial charge on any atom is 0.246 e. The average molecular weight is 313 g/mol. The van der Waals surface area contributed by atoms with E-state index in [2.05, 4.69) is 20.0 Å². The van der Waals surface area contributed by atoms with Crippen molar-refractivity contribution in [1.82, 2.24) is 29.3 Å². The molecule has 10 heteroatoms. The van der Waals surface area contributed by atoms with Crippen LogP contribution in [0.2, 0.25) is 0 Å². The Balaban J connectivity index is 2.15. The summed E-state index contributed by atoms with van der Waals surface area (Å²) in [4.78, 5) is -0.0153. The van der Waals surface area contributed by atoms with Crippen molar-refractivity contribution in [3.63, 3.8) is 0 Å².